The average Bonchev–Trinajstić information content (AvgIpc) is 1.72. The third-order valence-electron chi connectivity index (χ3n) is 24.9. The molecule has 6 aliphatic heterocycles. The summed E-state index contributed by atoms with van der Waals surface area (Å²) < 4.78 is 228. The lowest BCUT2D eigenvalue weighted by atomic mass is 9.50. The summed E-state index contributed by atoms with van der Waals surface area (Å²) in [5.41, 5.74) is -0.612. The van der Waals surface area contributed by atoms with Crippen molar-refractivity contribution in [1.29, 1.82) is 0 Å². The van der Waals surface area contributed by atoms with E-state index in [9.17, 15) is 91.0 Å². The molecule has 1 unspecified atom stereocenters. The van der Waals surface area contributed by atoms with Gasteiger partial charge in [0.15, 0.2) is 48.6 Å². The Morgan fingerprint density at radius 3 is 1.14 bits per heavy atom. The Kier molecular flexibility index (Phi) is 23.0. The van der Waals surface area contributed by atoms with Crippen LogP contribution in [-0.4, -0.2) is 169 Å². The summed E-state index contributed by atoms with van der Waals surface area (Å²) in [5, 5.41) is 0. The zero-order valence-corrected chi connectivity index (χ0v) is 60.9. The first-order valence-corrected chi connectivity index (χ1v) is 36.9. The molecule has 16 fully saturated rings. The highest BCUT2D eigenvalue weighted by Gasteiger charge is 2.70. The van der Waals surface area contributed by atoms with E-state index < -0.39 is 163 Å². The summed E-state index contributed by atoms with van der Waals surface area (Å²) in [6.45, 7) is 23.8. The smallest absolute Gasteiger partial charge is 0.434 e. The van der Waals surface area contributed by atoms with Crippen LogP contribution in [0.5, 0.6) is 0 Å². The zero-order chi connectivity index (χ0) is 78.6. The summed E-state index contributed by atoms with van der Waals surface area (Å²) in [5.74, 6) is -5.42. The van der Waals surface area contributed by atoms with E-state index in [1.807, 2.05) is 6.92 Å². The molecule has 16 rings (SSSR count). The first kappa shape index (κ1) is 82.1. The van der Waals surface area contributed by atoms with E-state index in [1.165, 1.54) is 71.1 Å². The minimum atomic E-state index is -5.80. The third-order valence-corrected chi connectivity index (χ3v) is 24.9. The molecule has 10 aliphatic carbocycles. The van der Waals surface area contributed by atoms with Crippen molar-refractivity contribution < 1.29 is 157 Å². The second-order valence-corrected chi connectivity index (χ2v) is 32.9. The number of hydrogen-bond donors (Lipinski definition) is 0. The molecule has 11 atom stereocenters. The van der Waals surface area contributed by atoms with Crippen LogP contribution in [0.15, 0.2) is 24.3 Å². The second kappa shape index (κ2) is 30.0. The number of carbonyl (C=O) groups excluding carboxylic acids is 8. The molecule has 6 saturated heterocycles. The Morgan fingerprint density at radius 1 is 0.486 bits per heavy atom. The van der Waals surface area contributed by atoms with Gasteiger partial charge in [0.05, 0.1) is 23.2 Å². The van der Waals surface area contributed by atoms with E-state index in [0.29, 0.717) is 35.7 Å². The van der Waals surface area contributed by atoms with Gasteiger partial charge in [-0.25, -0.2) is 19.2 Å². The quantitative estimate of drug-likeness (QED) is 0.0677. The molecule has 6 heterocycles. The molecule has 34 heteroatoms. The zero-order valence-electron chi connectivity index (χ0n) is 60.9. The predicted molar refractivity (Wildman–Crippen MR) is 338 cm³/mol. The topological polar surface area (TPSA) is 266 Å². The summed E-state index contributed by atoms with van der Waals surface area (Å²) >= 11 is 0. The SMILES string of the molecule is C=C(C)C(=O)OC1(C)C2CC3CC(C2)CC1C3.C=C(C)C(=O)O[C@@H]1C(=O)O[C@@H]2[C@H]3OC4(CCC(C(=O)OC(C(F)(F)F)C(F)(F)F)CC4)O[C@H]3O[C@@H]21.CCC(C)(C)C(=O)O[C@@H]1C(=O)O[C@@H]2[C@H]3OC4(CCC(C(=O)OC(C(F)(F)F)C(F)(F)F)CC4)O[C@H]3O[C@@H]21.CCC(C)C(=O)OC1(C)C2CC3CC(C2)CC1C3. The standard InChI is InChI=1S/C22H26F6O9.C20H20F6O9.C16H26O2.C15H22O2/c1-4-19(2,3)18(31)34-12-10-11(32-15(12)30)13-16(33-10)37-20(36-13)7-5-9(6-8-20)14(29)35-17(21(23,24)25)22(26,27)28;1-7(2)13(27)31-11-9-10(30-15(11)29)12-16(32-9)35-18(34-12)5-3-8(4-6-18)14(28)33-17(19(21,22)23)20(24,25)26;1-4-10(2)15(17)18-16(3)13-6-11-5-12(8-13)9-14(16)7-11;1-9(2)14(16)17-15(3)12-5-10-4-11(7-12)8-13(15)6-10/h9-13,16-17H,4-8H2,1-3H3;8-12,16-17H,1,3-6H2,2H3;10-14H,4-9H2,1-3H3;10-13H,1,4-8H2,2-3H3/t9?,10-,11-,12-,13+,16+,20?;8?,9-,10-,11-,12+,16+,18?;;/m00../s1. The lowest BCUT2D eigenvalue weighted by Gasteiger charge is -2.59. The van der Waals surface area contributed by atoms with Crippen molar-refractivity contribution in [3.8, 4) is 0 Å². The summed E-state index contributed by atoms with van der Waals surface area (Å²) in [4.78, 5) is 96.8. The minimum Gasteiger partial charge on any atom is -0.459 e. The van der Waals surface area contributed by atoms with Gasteiger partial charge in [-0.15, -0.1) is 0 Å². The Labute approximate surface area is 609 Å². The first-order chi connectivity index (χ1) is 49.6. The molecule has 8 bridgehead atoms. The maximum Gasteiger partial charge on any atom is 0.434 e. The van der Waals surface area contributed by atoms with Gasteiger partial charge in [-0.2, -0.15) is 52.7 Å². The molecule has 10 saturated carbocycles. The lowest BCUT2D eigenvalue weighted by molar-refractivity contribution is -0.315. The molecule has 16 aliphatic rings. The van der Waals surface area contributed by atoms with E-state index >= 15 is 0 Å². The van der Waals surface area contributed by atoms with Crippen LogP contribution in [-0.2, 0) is 105 Å². The van der Waals surface area contributed by atoms with Crippen molar-refractivity contribution in [2.45, 2.75) is 312 Å². The Hall–Kier alpha value is -5.84. The third kappa shape index (κ3) is 16.9. The highest BCUT2D eigenvalue weighted by atomic mass is 19.4. The van der Waals surface area contributed by atoms with Crippen LogP contribution < -0.4 is 0 Å². The Morgan fingerprint density at radius 2 is 0.822 bits per heavy atom. The number of ether oxygens (including phenoxy) is 14. The van der Waals surface area contributed by atoms with E-state index in [1.54, 1.807) is 27.7 Å². The van der Waals surface area contributed by atoms with Gasteiger partial charge < -0.3 is 66.3 Å². The van der Waals surface area contributed by atoms with E-state index in [0.717, 1.165) is 30.1 Å². The molecule has 2 spiro atoms. The number of hydrogen-bond acceptors (Lipinski definition) is 22. The number of carbonyl (C=O) groups is 8. The number of esters is 8. The van der Waals surface area contributed by atoms with Crippen LogP contribution >= 0.6 is 0 Å². The second-order valence-electron chi connectivity index (χ2n) is 32.9. The average molecular weight is 1550 g/mol. The largest absolute Gasteiger partial charge is 0.459 e. The van der Waals surface area contributed by atoms with Crippen LogP contribution in [0.4, 0.5) is 52.7 Å². The Balaban J connectivity index is 0.000000150. The molecule has 0 N–H and O–H groups in total. The highest BCUT2D eigenvalue weighted by molar-refractivity contribution is 5.90. The van der Waals surface area contributed by atoms with E-state index in [2.05, 4.69) is 43.4 Å². The molecule has 0 amide bonds. The van der Waals surface area contributed by atoms with Gasteiger partial charge in [0.25, 0.3) is 12.2 Å². The molecular formula is C73H94F12O22. The number of alkyl halides is 12. The molecule has 22 nitrogen and oxygen atoms in total. The van der Waals surface area contributed by atoms with E-state index in [-0.39, 0.29) is 86.0 Å². The van der Waals surface area contributed by atoms with Crippen molar-refractivity contribution >= 4 is 47.8 Å². The molecule has 0 aromatic rings. The van der Waals surface area contributed by atoms with Crippen molar-refractivity contribution in [2.75, 3.05) is 0 Å². The van der Waals surface area contributed by atoms with Crippen molar-refractivity contribution in [1.82, 2.24) is 0 Å². The molecule has 0 radical (unpaired) electrons. The van der Waals surface area contributed by atoms with Crippen LogP contribution in [0.25, 0.3) is 0 Å². The van der Waals surface area contributed by atoms with Gasteiger partial charge in [-0.05, 0) is 192 Å². The molecule has 0 aromatic heterocycles. The fraction of sp³-hybridized carbons (Fsp3) is 0.836. The summed E-state index contributed by atoms with van der Waals surface area (Å²) in [6.07, 6.45) is -28.5. The molecule has 0 aromatic carbocycles. The maximum atomic E-state index is 12.7. The summed E-state index contributed by atoms with van der Waals surface area (Å²) in [6, 6.07) is 0. The Bertz CT molecular complexity index is 3300. The van der Waals surface area contributed by atoms with Gasteiger partial charge in [-0.3, -0.25) is 19.2 Å². The number of rotatable bonds is 14. The minimum absolute atomic E-state index is 0.0347. The maximum absolute atomic E-state index is 12.7. The van der Waals surface area contributed by atoms with Crippen molar-refractivity contribution in [3.63, 3.8) is 0 Å². The first-order valence-electron chi connectivity index (χ1n) is 36.9. The van der Waals surface area contributed by atoms with Gasteiger partial charge >= 0.3 is 72.5 Å². The van der Waals surface area contributed by atoms with Crippen LogP contribution in [0.3, 0.4) is 0 Å². The van der Waals surface area contributed by atoms with Crippen LogP contribution in [0, 0.1) is 70.5 Å². The monoisotopic (exact) mass is 1550 g/mol. The molecular weight excluding hydrogens is 1460 g/mol. The molecule has 107 heavy (non-hydrogen) atoms. The van der Waals surface area contributed by atoms with Crippen molar-refractivity contribution in [2.24, 2.45) is 70.5 Å². The van der Waals surface area contributed by atoms with Crippen molar-refractivity contribution in [3.05, 3.63) is 24.3 Å². The molecule has 602 valence electrons. The van der Waals surface area contributed by atoms with E-state index in [4.69, 9.17) is 56.8 Å². The number of fused-ring (bicyclic) bond motifs is 6. The number of halogens is 12. The lowest BCUT2D eigenvalue weighted by Crippen LogP contribution is -2.58. The van der Waals surface area contributed by atoms with Gasteiger partial charge in [-0.1, -0.05) is 33.9 Å². The van der Waals surface area contributed by atoms with Crippen LogP contribution in [0.2, 0.25) is 0 Å². The fourth-order valence-corrected chi connectivity index (χ4v) is 18.5. The normalized spacial score (nSPS) is 39.8. The summed E-state index contributed by atoms with van der Waals surface area (Å²) in [7, 11) is 0. The van der Waals surface area contributed by atoms with Gasteiger partial charge in [0, 0.05) is 36.8 Å². The predicted octanol–water partition coefficient (Wildman–Crippen LogP) is 12.9. The van der Waals surface area contributed by atoms with Gasteiger partial charge in [0.2, 0.25) is 12.2 Å². The fourth-order valence-electron chi connectivity index (χ4n) is 18.5. The van der Waals surface area contributed by atoms with Gasteiger partial charge in [0.1, 0.15) is 23.4 Å². The van der Waals surface area contributed by atoms with Crippen LogP contribution in [0.1, 0.15) is 191 Å². The highest BCUT2D eigenvalue weighted by Crippen LogP contribution is 2.62.